The number of halogens is 2. The lowest BCUT2D eigenvalue weighted by Crippen LogP contribution is -2.49. The third-order valence-electron chi connectivity index (χ3n) is 5.40. The maximum Gasteiger partial charge on any atom is 0.193 e. The van der Waals surface area contributed by atoms with Crippen LogP contribution in [0.1, 0.15) is 37.8 Å². The molecule has 1 aromatic carbocycles. The number of hydrogen-bond donors (Lipinski definition) is 1. The second-order valence-corrected chi connectivity index (χ2v) is 7.28. The van der Waals surface area contributed by atoms with E-state index in [4.69, 9.17) is 0 Å². The van der Waals surface area contributed by atoms with Crippen molar-refractivity contribution >= 4 is 5.96 Å². The van der Waals surface area contributed by atoms with Crippen molar-refractivity contribution in [2.24, 2.45) is 10.9 Å². The van der Waals surface area contributed by atoms with E-state index in [1.807, 2.05) is 19.4 Å². The molecule has 3 atom stereocenters. The van der Waals surface area contributed by atoms with E-state index in [0.29, 0.717) is 24.1 Å². The molecule has 2 aromatic rings. The Morgan fingerprint density at radius 2 is 2.22 bits per heavy atom. The Hall–Kier alpha value is -2.44. The maximum atomic E-state index is 14.0. The third kappa shape index (κ3) is 4.46. The summed E-state index contributed by atoms with van der Waals surface area (Å²) in [5.41, 5.74) is 0.503. The average Bonchev–Trinajstić information content (AvgIpc) is 3.17. The largest absolute Gasteiger partial charge is 0.356 e. The minimum absolute atomic E-state index is 0.101. The van der Waals surface area contributed by atoms with Gasteiger partial charge in [0.2, 0.25) is 0 Å². The molecule has 1 saturated heterocycles. The van der Waals surface area contributed by atoms with E-state index in [0.717, 1.165) is 31.5 Å². The SMILES string of the molecule is CN=C(NCC(C)c1ccc(F)cc1F)N1CCC(C)C(n2ccnc2)C1. The van der Waals surface area contributed by atoms with Gasteiger partial charge in [-0.2, -0.15) is 0 Å². The second kappa shape index (κ2) is 8.50. The van der Waals surface area contributed by atoms with Gasteiger partial charge in [-0.15, -0.1) is 0 Å². The van der Waals surface area contributed by atoms with Crippen LogP contribution in [-0.4, -0.2) is 47.1 Å². The summed E-state index contributed by atoms with van der Waals surface area (Å²) in [5, 5.41) is 3.35. The van der Waals surface area contributed by atoms with Gasteiger partial charge in [0.25, 0.3) is 0 Å². The highest BCUT2D eigenvalue weighted by atomic mass is 19.1. The summed E-state index contributed by atoms with van der Waals surface area (Å²) in [7, 11) is 1.76. The van der Waals surface area contributed by atoms with Gasteiger partial charge in [-0.05, 0) is 24.0 Å². The van der Waals surface area contributed by atoms with Crippen molar-refractivity contribution in [1.82, 2.24) is 19.8 Å². The molecule has 3 rings (SSSR count). The molecule has 5 nitrogen and oxygen atoms in total. The minimum Gasteiger partial charge on any atom is -0.356 e. The molecule has 0 amide bonds. The van der Waals surface area contributed by atoms with Crippen molar-refractivity contribution in [3.8, 4) is 0 Å². The first kappa shape index (κ1) is 19.3. The Balaban J connectivity index is 1.63. The fourth-order valence-corrected chi connectivity index (χ4v) is 3.68. The van der Waals surface area contributed by atoms with Crippen LogP contribution in [0.15, 0.2) is 41.9 Å². The molecule has 0 bridgehead atoms. The maximum absolute atomic E-state index is 14.0. The number of piperidine rings is 1. The summed E-state index contributed by atoms with van der Waals surface area (Å²) >= 11 is 0. The molecule has 0 saturated carbocycles. The molecule has 3 unspecified atom stereocenters. The fourth-order valence-electron chi connectivity index (χ4n) is 3.68. The number of rotatable bonds is 4. The second-order valence-electron chi connectivity index (χ2n) is 7.28. The normalized spacial score (nSPS) is 22.0. The standard InChI is InChI=1S/C20H27F2N5/c1-14-6-8-26(12-19(14)27-9-7-24-13-27)20(23-3)25-11-15(2)17-5-4-16(21)10-18(17)22/h4-5,7,9-10,13-15,19H,6,8,11-12H2,1-3H3,(H,23,25). The van der Waals surface area contributed by atoms with E-state index in [1.165, 1.54) is 12.1 Å². The fraction of sp³-hybridized carbons (Fsp3) is 0.500. The monoisotopic (exact) mass is 375 g/mol. The minimum atomic E-state index is -0.555. The molecule has 2 heterocycles. The lowest BCUT2D eigenvalue weighted by Gasteiger charge is -2.39. The number of nitrogens with zero attached hydrogens (tertiary/aromatic N) is 4. The van der Waals surface area contributed by atoms with Gasteiger partial charge in [-0.1, -0.05) is 19.9 Å². The first-order chi connectivity index (χ1) is 13.0. The van der Waals surface area contributed by atoms with Crippen molar-refractivity contribution in [3.05, 3.63) is 54.1 Å². The Morgan fingerprint density at radius 1 is 1.41 bits per heavy atom. The zero-order chi connectivity index (χ0) is 19.4. The number of hydrogen-bond acceptors (Lipinski definition) is 2. The highest BCUT2D eigenvalue weighted by Gasteiger charge is 2.29. The van der Waals surface area contributed by atoms with Gasteiger partial charge < -0.3 is 14.8 Å². The van der Waals surface area contributed by atoms with Crippen LogP contribution >= 0.6 is 0 Å². The average molecular weight is 375 g/mol. The van der Waals surface area contributed by atoms with Crippen LogP contribution in [0.25, 0.3) is 0 Å². The molecule has 1 aliphatic rings. The molecule has 1 aliphatic heterocycles. The quantitative estimate of drug-likeness (QED) is 0.658. The Bertz CT molecular complexity index is 775. The van der Waals surface area contributed by atoms with Crippen LogP contribution in [0.5, 0.6) is 0 Å². The lowest BCUT2D eigenvalue weighted by molar-refractivity contribution is 0.189. The van der Waals surface area contributed by atoms with Crippen LogP contribution in [0, 0.1) is 17.6 Å². The zero-order valence-electron chi connectivity index (χ0n) is 16.1. The van der Waals surface area contributed by atoms with Gasteiger partial charge in [-0.25, -0.2) is 13.8 Å². The summed E-state index contributed by atoms with van der Waals surface area (Å²) < 4.78 is 29.3. The van der Waals surface area contributed by atoms with Crippen LogP contribution < -0.4 is 5.32 Å². The Kier molecular flexibility index (Phi) is 6.08. The van der Waals surface area contributed by atoms with Crippen LogP contribution in [-0.2, 0) is 0 Å². The summed E-state index contributed by atoms with van der Waals surface area (Å²) in [4.78, 5) is 10.8. The summed E-state index contributed by atoms with van der Waals surface area (Å²) in [6.07, 6.45) is 6.73. The molecular formula is C20H27F2N5. The molecule has 1 aromatic heterocycles. The van der Waals surface area contributed by atoms with E-state index in [9.17, 15) is 8.78 Å². The van der Waals surface area contributed by atoms with E-state index in [-0.39, 0.29) is 5.92 Å². The van der Waals surface area contributed by atoms with Gasteiger partial charge in [0, 0.05) is 51.1 Å². The molecule has 7 heteroatoms. The molecule has 146 valence electrons. The van der Waals surface area contributed by atoms with Crippen molar-refractivity contribution in [3.63, 3.8) is 0 Å². The van der Waals surface area contributed by atoms with E-state index in [1.54, 1.807) is 13.2 Å². The van der Waals surface area contributed by atoms with E-state index >= 15 is 0 Å². The van der Waals surface area contributed by atoms with Crippen molar-refractivity contribution in [2.45, 2.75) is 32.2 Å². The molecule has 0 aliphatic carbocycles. The highest BCUT2D eigenvalue weighted by molar-refractivity contribution is 5.80. The highest BCUT2D eigenvalue weighted by Crippen LogP contribution is 2.27. The predicted molar refractivity (Wildman–Crippen MR) is 103 cm³/mol. The Morgan fingerprint density at radius 3 is 2.89 bits per heavy atom. The molecule has 0 radical (unpaired) electrons. The van der Waals surface area contributed by atoms with Gasteiger partial charge in [-0.3, -0.25) is 4.99 Å². The predicted octanol–water partition coefficient (Wildman–Crippen LogP) is 3.42. The number of guanidine groups is 1. The van der Waals surface area contributed by atoms with Crippen molar-refractivity contribution < 1.29 is 8.78 Å². The molecule has 27 heavy (non-hydrogen) atoms. The third-order valence-corrected chi connectivity index (χ3v) is 5.40. The number of likely N-dealkylation sites (tertiary alicyclic amines) is 1. The summed E-state index contributed by atoms with van der Waals surface area (Å²) in [6, 6.07) is 4.08. The van der Waals surface area contributed by atoms with Gasteiger partial charge in [0.1, 0.15) is 11.6 Å². The van der Waals surface area contributed by atoms with Crippen LogP contribution in [0.2, 0.25) is 0 Å². The lowest BCUT2D eigenvalue weighted by atomic mass is 9.93. The van der Waals surface area contributed by atoms with E-state index in [2.05, 4.69) is 31.7 Å². The summed E-state index contributed by atoms with van der Waals surface area (Å²) in [5.74, 6) is 0.198. The topological polar surface area (TPSA) is 45.5 Å². The zero-order valence-corrected chi connectivity index (χ0v) is 16.1. The number of nitrogens with one attached hydrogen (secondary N) is 1. The van der Waals surface area contributed by atoms with E-state index < -0.39 is 11.6 Å². The van der Waals surface area contributed by atoms with Gasteiger partial charge in [0.15, 0.2) is 5.96 Å². The first-order valence-electron chi connectivity index (χ1n) is 9.37. The smallest absolute Gasteiger partial charge is 0.193 e. The number of aliphatic imine (C=N–C) groups is 1. The molecule has 0 spiro atoms. The summed E-state index contributed by atoms with van der Waals surface area (Å²) in [6.45, 7) is 6.47. The Labute approximate surface area is 159 Å². The number of benzene rings is 1. The first-order valence-corrected chi connectivity index (χ1v) is 9.37. The van der Waals surface area contributed by atoms with Crippen molar-refractivity contribution in [2.75, 3.05) is 26.7 Å². The molecular weight excluding hydrogens is 348 g/mol. The molecule has 1 N–H and O–H groups in total. The number of aromatic nitrogens is 2. The number of imidazole rings is 1. The van der Waals surface area contributed by atoms with Crippen molar-refractivity contribution in [1.29, 1.82) is 0 Å². The van der Waals surface area contributed by atoms with Gasteiger partial charge in [0.05, 0.1) is 12.4 Å². The molecule has 1 fully saturated rings. The van der Waals surface area contributed by atoms with Gasteiger partial charge >= 0.3 is 0 Å². The van der Waals surface area contributed by atoms with Crippen LogP contribution in [0.4, 0.5) is 8.78 Å². The van der Waals surface area contributed by atoms with Crippen LogP contribution in [0.3, 0.4) is 0 Å².